The Balaban J connectivity index is 1.71. The van der Waals surface area contributed by atoms with Crippen LogP contribution < -0.4 is 5.32 Å². The van der Waals surface area contributed by atoms with Crippen molar-refractivity contribution in [1.82, 2.24) is 15.2 Å². The van der Waals surface area contributed by atoms with Crippen molar-refractivity contribution >= 4 is 17.2 Å². The van der Waals surface area contributed by atoms with Gasteiger partial charge < -0.3 is 10.2 Å². The van der Waals surface area contributed by atoms with Gasteiger partial charge in [0.2, 0.25) is 0 Å². The van der Waals surface area contributed by atoms with E-state index in [1.54, 1.807) is 16.3 Å². The summed E-state index contributed by atoms with van der Waals surface area (Å²) in [5.41, 5.74) is 0.220. The summed E-state index contributed by atoms with van der Waals surface area (Å²) in [4.78, 5) is 18.4. The van der Waals surface area contributed by atoms with Crippen LogP contribution in [0.3, 0.4) is 0 Å². The number of amides is 1. The third-order valence-electron chi connectivity index (χ3n) is 3.78. The van der Waals surface area contributed by atoms with E-state index in [0.717, 1.165) is 25.2 Å². The normalized spacial score (nSPS) is 15.5. The van der Waals surface area contributed by atoms with E-state index in [0.29, 0.717) is 29.4 Å². The Morgan fingerprint density at radius 1 is 1.29 bits per heavy atom. The van der Waals surface area contributed by atoms with Gasteiger partial charge in [-0.15, -0.1) is 11.3 Å². The second kappa shape index (κ2) is 6.90. The molecule has 1 aromatic heterocycles. The fourth-order valence-corrected chi connectivity index (χ4v) is 3.35. The van der Waals surface area contributed by atoms with Gasteiger partial charge >= 0.3 is 6.18 Å². The molecule has 1 aliphatic heterocycles. The summed E-state index contributed by atoms with van der Waals surface area (Å²) in [5.74, 6) is -0.122. The minimum Gasteiger partial charge on any atom is -0.335 e. The number of carbonyl (C=O) groups is 1. The third kappa shape index (κ3) is 3.93. The molecule has 1 aromatic carbocycles. The molecule has 0 atom stereocenters. The first-order chi connectivity index (χ1) is 11.4. The van der Waals surface area contributed by atoms with Gasteiger partial charge in [-0.1, -0.05) is 18.2 Å². The van der Waals surface area contributed by atoms with E-state index in [2.05, 4.69) is 10.3 Å². The summed E-state index contributed by atoms with van der Waals surface area (Å²) in [6, 6.07) is 5.19. The van der Waals surface area contributed by atoms with E-state index in [1.807, 2.05) is 0 Å². The minimum absolute atomic E-state index is 0.122. The largest absolute Gasteiger partial charge is 0.416 e. The highest BCUT2D eigenvalue weighted by atomic mass is 32.1. The Bertz CT molecular complexity index is 723. The maximum atomic E-state index is 12.8. The van der Waals surface area contributed by atoms with E-state index in [9.17, 15) is 18.0 Å². The van der Waals surface area contributed by atoms with Crippen LogP contribution in [0.1, 0.15) is 26.6 Å². The van der Waals surface area contributed by atoms with E-state index in [4.69, 9.17) is 0 Å². The SMILES string of the molecule is O=C(c1csc(Cc2cccc(C(F)(F)F)c2)n1)N1CCNCC1. The Kier molecular flexibility index (Phi) is 4.86. The Labute approximate surface area is 141 Å². The number of hydrogen-bond acceptors (Lipinski definition) is 4. The number of alkyl halides is 3. The second-order valence-corrected chi connectivity index (χ2v) is 6.49. The van der Waals surface area contributed by atoms with Gasteiger partial charge in [0.1, 0.15) is 5.69 Å². The number of aromatic nitrogens is 1. The molecule has 0 unspecified atom stereocenters. The molecule has 0 saturated carbocycles. The lowest BCUT2D eigenvalue weighted by Gasteiger charge is -2.26. The van der Waals surface area contributed by atoms with Crippen LogP contribution in [-0.2, 0) is 12.6 Å². The summed E-state index contributed by atoms with van der Waals surface area (Å²) in [5, 5.41) is 5.48. The highest BCUT2D eigenvalue weighted by molar-refractivity contribution is 7.09. The Hall–Kier alpha value is -1.93. The summed E-state index contributed by atoms with van der Waals surface area (Å²) in [7, 11) is 0. The first-order valence-electron chi connectivity index (χ1n) is 7.54. The van der Waals surface area contributed by atoms with Crippen molar-refractivity contribution in [2.24, 2.45) is 0 Å². The molecule has 3 rings (SSSR count). The van der Waals surface area contributed by atoms with Gasteiger partial charge in [-0.2, -0.15) is 13.2 Å². The summed E-state index contributed by atoms with van der Waals surface area (Å²) >= 11 is 1.29. The van der Waals surface area contributed by atoms with Gasteiger partial charge in [0.15, 0.2) is 0 Å². The summed E-state index contributed by atoms with van der Waals surface area (Å²) in [6.45, 7) is 2.79. The lowest BCUT2D eigenvalue weighted by Crippen LogP contribution is -2.46. The molecule has 1 fully saturated rings. The number of nitrogens with zero attached hydrogens (tertiary/aromatic N) is 2. The monoisotopic (exact) mass is 355 g/mol. The average Bonchev–Trinajstić information content (AvgIpc) is 3.03. The van der Waals surface area contributed by atoms with Crippen LogP contribution in [0, 0.1) is 0 Å². The number of nitrogens with one attached hydrogen (secondary N) is 1. The fraction of sp³-hybridized carbons (Fsp3) is 0.375. The van der Waals surface area contributed by atoms with Crippen molar-refractivity contribution in [2.75, 3.05) is 26.2 Å². The van der Waals surface area contributed by atoms with Crippen molar-refractivity contribution in [3.63, 3.8) is 0 Å². The number of halogens is 3. The van der Waals surface area contributed by atoms with Crippen LogP contribution in [-0.4, -0.2) is 42.0 Å². The van der Waals surface area contributed by atoms with Crippen LogP contribution in [0.25, 0.3) is 0 Å². The van der Waals surface area contributed by atoms with Gasteiger partial charge in [0.25, 0.3) is 5.91 Å². The molecule has 0 bridgehead atoms. The van der Waals surface area contributed by atoms with Crippen molar-refractivity contribution < 1.29 is 18.0 Å². The topological polar surface area (TPSA) is 45.2 Å². The van der Waals surface area contributed by atoms with Crippen LogP contribution in [0.4, 0.5) is 13.2 Å². The molecule has 0 radical (unpaired) electrons. The zero-order valence-corrected chi connectivity index (χ0v) is 13.6. The van der Waals surface area contributed by atoms with E-state index < -0.39 is 11.7 Å². The molecular weight excluding hydrogens is 339 g/mol. The van der Waals surface area contributed by atoms with Crippen LogP contribution >= 0.6 is 11.3 Å². The zero-order chi connectivity index (χ0) is 17.2. The van der Waals surface area contributed by atoms with Crippen LogP contribution in [0.5, 0.6) is 0 Å². The lowest BCUT2D eigenvalue weighted by atomic mass is 10.1. The summed E-state index contributed by atoms with van der Waals surface area (Å²) < 4.78 is 38.3. The number of benzene rings is 1. The molecule has 1 saturated heterocycles. The highest BCUT2D eigenvalue weighted by Crippen LogP contribution is 2.30. The van der Waals surface area contributed by atoms with Crippen molar-refractivity contribution in [3.8, 4) is 0 Å². The number of carbonyl (C=O) groups excluding carboxylic acids is 1. The molecule has 0 spiro atoms. The predicted octanol–water partition coefficient (Wildman–Crippen LogP) is 2.80. The second-order valence-electron chi connectivity index (χ2n) is 5.54. The quantitative estimate of drug-likeness (QED) is 0.921. The highest BCUT2D eigenvalue weighted by Gasteiger charge is 2.30. The molecule has 2 aromatic rings. The first kappa shape index (κ1) is 16.9. The van der Waals surface area contributed by atoms with Gasteiger partial charge in [-0.25, -0.2) is 4.98 Å². The third-order valence-corrected chi connectivity index (χ3v) is 4.63. The van der Waals surface area contributed by atoms with Gasteiger partial charge in [-0.3, -0.25) is 4.79 Å². The maximum absolute atomic E-state index is 12.8. The van der Waals surface area contributed by atoms with Gasteiger partial charge in [-0.05, 0) is 11.6 Å². The molecule has 1 amide bonds. The first-order valence-corrected chi connectivity index (χ1v) is 8.42. The lowest BCUT2D eigenvalue weighted by molar-refractivity contribution is -0.137. The molecule has 0 aliphatic carbocycles. The van der Waals surface area contributed by atoms with Crippen molar-refractivity contribution in [1.29, 1.82) is 0 Å². The van der Waals surface area contributed by atoms with E-state index in [-0.39, 0.29) is 12.3 Å². The number of hydrogen-bond donors (Lipinski definition) is 1. The van der Waals surface area contributed by atoms with Gasteiger partial charge in [0.05, 0.1) is 10.6 Å². The number of thiazole rings is 1. The molecule has 2 heterocycles. The molecule has 128 valence electrons. The predicted molar refractivity (Wildman–Crippen MR) is 85.1 cm³/mol. The Morgan fingerprint density at radius 2 is 2.04 bits per heavy atom. The summed E-state index contributed by atoms with van der Waals surface area (Å²) in [6.07, 6.45) is -4.08. The molecule has 24 heavy (non-hydrogen) atoms. The van der Waals surface area contributed by atoms with Crippen LogP contribution in [0.2, 0.25) is 0 Å². The average molecular weight is 355 g/mol. The van der Waals surface area contributed by atoms with E-state index >= 15 is 0 Å². The molecule has 4 nitrogen and oxygen atoms in total. The minimum atomic E-state index is -4.36. The van der Waals surface area contributed by atoms with Gasteiger partial charge in [0, 0.05) is 38.0 Å². The smallest absolute Gasteiger partial charge is 0.335 e. The van der Waals surface area contributed by atoms with Crippen molar-refractivity contribution in [2.45, 2.75) is 12.6 Å². The van der Waals surface area contributed by atoms with Crippen LogP contribution in [0.15, 0.2) is 29.6 Å². The Morgan fingerprint density at radius 3 is 2.75 bits per heavy atom. The molecule has 1 N–H and O–H groups in total. The van der Waals surface area contributed by atoms with Crippen molar-refractivity contribution in [3.05, 3.63) is 51.5 Å². The standard InChI is InChI=1S/C16H16F3N3OS/c17-16(18,19)12-3-1-2-11(8-12)9-14-21-13(10-24-14)15(23)22-6-4-20-5-7-22/h1-3,8,10,20H,4-7,9H2. The maximum Gasteiger partial charge on any atom is 0.416 e. The molecule has 1 aliphatic rings. The number of piperazine rings is 1. The number of rotatable bonds is 3. The fourth-order valence-electron chi connectivity index (χ4n) is 2.55. The zero-order valence-electron chi connectivity index (χ0n) is 12.8. The van der Waals surface area contributed by atoms with E-state index in [1.165, 1.54) is 17.4 Å². The molecular formula is C16H16F3N3OS. The molecule has 8 heteroatoms.